The second-order valence-electron chi connectivity index (χ2n) is 8.39. The zero-order valence-corrected chi connectivity index (χ0v) is 20.4. The number of carbonyl (C=O) groups is 3. The Hall–Kier alpha value is -3.42. The van der Waals surface area contributed by atoms with Gasteiger partial charge in [-0.05, 0) is 36.1 Å². The van der Waals surface area contributed by atoms with Gasteiger partial charge in [-0.25, -0.2) is 9.80 Å². The number of hydrazine groups is 1. The molecule has 0 spiro atoms. The molecule has 4 amide bonds. The summed E-state index contributed by atoms with van der Waals surface area (Å²) >= 11 is 1.61. The van der Waals surface area contributed by atoms with Gasteiger partial charge in [-0.15, -0.1) is 6.42 Å². The predicted octanol–water partition coefficient (Wildman–Crippen LogP) is 1.97. The summed E-state index contributed by atoms with van der Waals surface area (Å²) in [4.78, 5) is 43.5. The molecule has 2 aliphatic rings. The SMILES string of the molecule is C#CCN1CC(=O)N2[C@@H](CCSC)C(=O)N(Cc3ccco3)C[C@@H]2N1C(=O)NCc1ccccc1. The van der Waals surface area contributed by atoms with E-state index < -0.39 is 12.2 Å². The van der Waals surface area contributed by atoms with Crippen molar-refractivity contribution in [3.63, 3.8) is 0 Å². The first kappa shape index (κ1) is 24.7. The number of fused-ring (bicyclic) bond motifs is 1. The highest BCUT2D eigenvalue weighted by atomic mass is 32.2. The number of nitrogens with zero attached hydrogens (tertiary/aromatic N) is 4. The highest BCUT2D eigenvalue weighted by molar-refractivity contribution is 7.98. The molecule has 35 heavy (non-hydrogen) atoms. The molecular weight excluding hydrogens is 466 g/mol. The average Bonchev–Trinajstić information content (AvgIpc) is 3.37. The van der Waals surface area contributed by atoms with Crippen molar-refractivity contribution in [2.45, 2.75) is 31.7 Å². The molecule has 3 heterocycles. The summed E-state index contributed by atoms with van der Waals surface area (Å²) in [5.41, 5.74) is 0.949. The highest BCUT2D eigenvalue weighted by Gasteiger charge is 2.51. The predicted molar refractivity (Wildman–Crippen MR) is 132 cm³/mol. The van der Waals surface area contributed by atoms with Crippen molar-refractivity contribution >= 4 is 29.6 Å². The second-order valence-corrected chi connectivity index (χ2v) is 9.38. The van der Waals surface area contributed by atoms with Crippen LogP contribution in [0.4, 0.5) is 4.79 Å². The monoisotopic (exact) mass is 495 g/mol. The summed E-state index contributed by atoms with van der Waals surface area (Å²) in [6.07, 6.45) is 8.91. The van der Waals surface area contributed by atoms with E-state index >= 15 is 0 Å². The maximum atomic E-state index is 13.5. The normalized spacial score (nSPS) is 20.5. The number of carbonyl (C=O) groups excluding carboxylic acids is 3. The van der Waals surface area contributed by atoms with Crippen molar-refractivity contribution < 1.29 is 18.8 Å². The van der Waals surface area contributed by atoms with E-state index in [1.165, 1.54) is 5.01 Å². The molecule has 0 radical (unpaired) electrons. The van der Waals surface area contributed by atoms with Crippen LogP contribution >= 0.6 is 11.8 Å². The fourth-order valence-corrected chi connectivity index (χ4v) is 4.99. The molecule has 0 aliphatic carbocycles. The molecule has 9 nitrogen and oxygen atoms in total. The number of amides is 4. The zero-order chi connectivity index (χ0) is 24.8. The number of rotatable bonds is 8. The zero-order valence-electron chi connectivity index (χ0n) is 19.6. The molecule has 2 aromatic rings. The van der Waals surface area contributed by atoms with Crippen molar-refractivity contribution in [1.82, 2.24) is 25.1 Å². The summed E-state index contributed by atoms with van der Waals surface area (Å²) in [5, 5.41) is 6.04. The fraction of sp³-hybridized carbons (Fsp3) is 0.400. The van der Waals surface area contributed by atoms with Gasteiger partial charge in [-0.1, -0.05) is 36.3 Å². The first-order valence-corrected chi connectivity index (χ1v) is 12.8. The Kier molecular flexibility index (Phi) is 8.00. The van der Waals surface area contributed by atoms with E-state index in [2.05, 4.69) is 11.2 Å². The number of piperazine rings is 1. The Morgan fingerprint density at radius 3 is 2.71 bits per heavy atom. The van der Waals surface area contributed by atoms with Gasteiger partial charge >= 0.3 is 6.03 Å². The van der Waals surface area contributed by atoms with Crippen molar-refractivity contribution in [2.75, 3.05) is 31.6 Å². The third-order valence-electron chi connectivity index (χ3n) is 6.12. The van der Waals surface area contributed by atoms with Crippen LogP contribution in [-0.2, 0) is 22.7 Å². The molecule has 10 heteroatoms. The molecule has 4 rings (SSSR count). The van der Waals surface area contributed by atoms with E-state index in [0.29, 0.717) is 24.5 Å². The Bertz CT molecular complexity index is 1070. The standard InChI is InChI=1S/C25H29N5O4S/c1-3-12-28-18-23(31)29-21(11-14-35-2)24(32)27(16-20-10-7-13-34-20)17-22(29)30(28)25(33)26-15-19-8-5-4-6-9-19/h1,4-10,13,21-22H,11-12,14-18H2,2H3,(H,26,33)/t21-,22-/m0/s1. The van der Waals surface area contributed by atoms with Gasteiger partial charge in [0.25, 0.3) is 0 Å². The lowest BCUT2D eigenvalue weighted by Crippen LogP contribution is -2.76. The molecule has 0 saturated carbocycles. The Morgan fingerprint density at radius 1 is 1.23 bits per heavy atom. The highest BCUT2D eigenvalue weighted by Crippen LogP contribution is 2.29. The molecule has 1 aromatic carbocycles. The van der Waals surface area contributed by atoms with Crippen LogP contribution in [0, 0.1) is 12.3 Å². The van der Waals surface area contributed by atoms with Gasteiger partial charge in [0.1, 0.15) is 18.0 Å². The quantitative estimate of drug-likeness (QED) is 0.564. The minimum atomic E-state index is -0.681. The number of hydrogen-bond acceptors (Lipinski definition) is 6. The summed E-state index contributed by atoms with van der Waals surface area (Å²) < 4.78 is 5.47. The largest absolute Gasteiger partial charge is 0.467 e. The van der Waals surface area contributed by atoms with Gasteiger partial charge in [0.05, 0.1) is 32.4 Å². The van der Waals surface area contributed by atoms with Crippen molar-refractivity contribution in [3.8, 4) is 12.3 Å². The Labute approximate surface area is 209 Å². The molecule has 1 aromatic heterocycles. The molecule has 1 N–H and O–H groups in total. The average molecular weight is 496 g/mol. The minimum absolute atomic E-state index is 0.0688. The third kappa shape index (κ3) is 5.47. The molecule has 2 aliphatic heterocycles. The van der Waals surface area contributed by atoms with Crippen LogP contribution in [0.3, 0.4) is 0 Å². The van der Waals surface area contributed by atoms with Gasteiger partial charge in [-0.3, -0.25) is 9.59 Å². The fourth-order valence-electron chi connectivity index (χ4n) is 4.53. The lowest BCUT2D eigenvalue weighted by atomic mass is 10.0. The van der Waals surface area contributed by atoms with Crippen LogP contribution < -0.4 is 5.32 Å². The van der Waals surface area contributed by atoms with Crippen LogP contribution in [0.5, 0.6) is 0 Å². The maximum Gasteiger partial charge on any atom is 0.334 e. The Balaban J connectivity index is 1.63. The number of urea groups is 1. The van der Waals surface area contributed by atoms with Gasteiger partial charge in [0, 0.05) is 6.54 Å². The molecule has 2 saturated heterocycles. The Morgan fingerprint density at radius 2 is 2.03 bits per heavy atom. The topological polar surface area (TPSA) is 89.3 Å². The van der Waals surface area contributed by atoms with Crippen molar-refractivity contribution in [3.05, 3.63) is 60.1 Å². The van der Waals surface area contributed by atoms with E-state index in [1.807, 2.05) is 36.6 Å². The van der Waals surface area contributed by atoms with Crippen molar-refractivity contribution in [2.24, 2.45) is 0 Å². The molecular formula is C25H29N5O4S. The van der Waals surface area contributed by atoms with Gasteiger partial charge in [0.15, 0.2) is 0 Å². The van der Waals surface area contributed by atoms with Crippen LogP contribution in [-0.4, -0.2) is 81.5 Å². The number of nitrogens with one attached hydrogen (secondary N) is 1. The summed E-state index contributed by atoms with van der Waals surface area (Å²) in [5.74, 6) is 3.53. The lowest BCUT2D eigenvalue weighted by molar-refractivity contribution is -0.189. The maximum absolute atomic E-state index is 13.5. The van der Waals surface area contributed by atoms with Crippen molar-refractivity contribution in [1.29, 1.82) is 0 Å². The van der Waals surface area contributed by atoms with E-state index in [9.17, 15) is 14.4 Å². The number of furan rings is 1. The third-order valence-corrected chi connectivity index (χ3v) is 6.76. The molecule has 0 bridgehead atoms. The first-order chi connectivity index (χ1) is 17.0. The second kappa shape index (κ2) is 11.3. The van der Waals surface area contributed by atoms with E-state index in [-0.39, 0.29) is 44.0 Å². The molecule has 184 valence electrons. The van der Waals surface area contributed by atoms with E-state index in [1.54, 1.807) is 45.0 Å². The van der Waals surface area contributed by atoms with Gasteiger partial charge in [-0.2, -0.15) is 16.8 Å². The van der Waals surface area contributed by atoms with Gasteiger partial charge < -0.3 is 19.5 Å². The van der Waals surface area contributed by atoms with Crippen LogP contribution in [0.25, 0.3) is 0 Å². The number of benzene rings is 1. The minimum Gasteiger partial charge on any atom is -0.467 e. The van der Waals surface area contributed by atoms with Crippen LogP contribution in [0.15, 0.2) is 53.1 Å². The van der Waals surface area contributed by atoms with Crippen LogP contribution in [0.1, 0.15) is 17.7 Å². The summed E-state index contributed by atoms with van der Waals surface area (Å²) in [6.45, 7) is 0.762. The number of hydrogen-bond donors (Lipinski definition) is 1. The van der Waals surface area contributed by atoms with Gasteiger partial charge in [0.2, 0.25) is 11.8 Å². The van der Waals surface area contributed by atoms with Crippen LogP contribution in [0.2, 0.25) is 0 Å². The molecule has 0 unspecified atom stereocenters. The van der Waals surface area contributed by atoms with E-state index in [4.69, 9.17) is 10.8 Å². The smallest absolute Gasteiger partial charge is 0.334 e. The number of terminal acetylenes is 1. The first-order valence-electron chi connectivity index (χ1n) is 11.4. The molecule has 2 fully saturated rings. The van der Waals surface area contributed by atoms with E-state index in [0.717, 1.165) is 5.56 Å². The number of thioether (sulfide) groups is 1. The lowest BCUT2D eigenvalue weighted by Gasteiger charge is -2.54. The molecule has 2 atom stereocenters. The summed E-state index contributed by atoms with van der Waals surface area (Å²) in [7, 11) is 0. The summed E-state index contributed by atoms with van der Waals surface area (Å²) in [6, 6.07) is 12.1.